The third kappa shape index (κ3) is 2.23. The van der Waals surface area contributed by atoms with Crippen molar-refractivity contribution in [1.29, 1.82) is 0 Å². The summed E-state index contributed by atoms with van der Waals surface area (Å²) in [6, 6.07) is 17.9. The van der Waals surface area contributed by atoms with Gasteiger partial charge in [-0.25, -0.2) is 0 Å². The van der Waals surface area contributed by atoms with Crippen LogP contribution in [0.3, 0.4) is 0 Å². The van der Waals surface area contributed by atoms with Crippen molar-refractivity contribution in [1.82, 2.24) is 0 Å². The van der Waals surface area contributed by atoms with Crippen LogP contribution in [0.15, 0.2) is 54.6 Å². The van der Waals surface area contributed by atoms with E-state index in [1.165, 1.54) is 5.56 Å². The third-order valence-corrected chi connectivity index (χ3v) is 3.10. The summed E-state index contributed by atoms with van der Waals surface area (Å²) < 4.78 is 0. The standard InChI is InChI=1S/C15H18N2/c1-2-12-8-6-7-11-14(12)15(16,17)13-9-4-3-5-10-13/h3-11H,2,16-17H2,1H3. The second-order valence-electron chi connectivity index (χ2n) is 4.25. The molecule has 2 nitrogen and oxygen atoms in total. The maximum absolute atomic E-state index is 6.31. The Morgan fingerprint density at radius 1 is 0.882 bits per heavy atom. The first-order valence-corrected chi connectivity index (χ1v) is 5.88. The van der Waals surface area contributed by atoms with Crippen LogP contribution in [0.25, 0.3) is 0 Å². The molecule has 88 valence electrons. The van der Waals surface area contributed by atoms with E-state index in [2.05, 4.69) is 13.0 Å². The molecule has 0 amide bonds. The van der Waals surface area contributed by atoms with Gasteiger partial charge in [0.15, 0.2) is 0 Å². The van der Waals surface area contributed by atoms with Gasteiger partial charge in [0, 0.05) is 0 Å². The lowest BCUT2D eigenvalue weighted by atomic mass is 9.88. The summed E-state index contributed by atoms with van der Waals surface area (Å²) in [6.07, 6.45) is 0.930. The first kappa shape index (κ1) is 11.8. The normalized spacial score (nSPS) is 11.5. The molecule has 0 heterocycles. The van der Waals surface area contributed by atoms with Crippen molar-refractivity contribution in [3.8, 4) is 0 Å². The number of benzene rings is 2. The second-order valence-corrected chi connectivity index (χ2v) is 4.25. The topological polar surface area (TPSA) is 52.0 Å². The van der Waals surface area contributed by atoms with Crippen molar-refractivity contribution in [2.75, 3.05) is 0 Å². The zero-order valence-corrected chi connectivity index (χ0v) is 10.1. The predicted molar refractivity (Wildman–Crippen MR) is 71.4 cm³/mol. The predicted octanol–water partition coefficient (Wildman–Crippen LogP) is 2.37. The Hall–Kier alpha value is -1.64. The van der Waals surface area contributed by atoms with Gasteiger partial charge in [0.25, 0.3) is 0 Å². The lowest BCUT2D eigenvalue weighted by molar-refractivity contribution is 0.561. The average Bonchev–Trinajstić information content (AvgIpc) is 2.39. The van der Waals surface area contributed by atoms with E-state index in [9.17, 15) is 0 Å². The zero-order valence-electron chi connectivity index (χ0n) is 10.1. The molecule has 2 heteroatoms. The van der Waals surface area contributed by atoms with Crippen molar-refractivity contribution < 1.29 is 0 Å². The van der Waals surface area contributed by atoms with E-state index in [1.54, 1.807) is 0 Å². The molecule has 17 heavy (non-hydrogen) atoms. The van der Waals surface area contributed by atoms with Gasteiger partial charge in [-0.3, -0.25) is 0 Å². The highest BCUT2D eigenvalue weighted by Gasteiger charge is 2.25. The summed E-state index contributed by atoms with van der Waals surface area (Å²) in [5.41, 5.74) is 14.8. The molecular weight excluding hydrogens is 208 g/mol. The van der Waals surface area contributed by atoms with E-state index in [4.69, 9.17) is 11.5 Å². The fraction of sp³-hybridized carbons (Fsp3) is 0.200. The average molecular weight is 226 g/mol. The SMILES string of the molecule is CCc1ccccc1C(N)(N)c1ccccc1. The molecule has 0 aliphatic rings. The van der Waals surface area contributed by atoms with E-state index >= 15 is 0 Å². The van der Waals surface area contributed by atoms with Crippen LogP contribution in [0.4, 0.5) is 0 Å². The molecule has 0 atom stereocenters. The fourth-order valence-electron chi connectivity index (χ4n) is 2.10. The number of hydrogen-bond donors (Lipinski definition) is 2. The zero-order chi connectivity index (χ0) is 12.3. The Balaban J connectivity index is 2.51. The molecule has 0 unspecified atom stereocenters. The summed E-state index contributed by atoms with van der Waals surface area (Å²) in [7, 11) is 0. The highest BCUT2D eigenvalue weighted by Crippen LogP contribution is 2.24. The molecule has 0 fully saturated rings. The highest BCUT2D eigenvalue weighted by molar-refractivity contribution is 5.41. The van der Waals surface area contributed by atoms with Crippen LogP contribution in [0, 0.1) is 0 Å². The van der Waals surface area contributed by atoms with Crippen LogP contribution in [-0.4, -0.2) is 0 Å². The Morgan fingerprint density at radius 2 is 1.47 bits per heavy atom. The molecule has 0 saturated carbocycles. The largest absolute Gasteiger partial charge is 0.306 e. The summed E-state index contributed by atoms with van der Waals surface area (Å²) in [4.78, 5) is 0. The van der Waals surface area contributed by atoms with E-state index in [-0.39, 0.29) is 0 Å². The van der Waals surface area contributed by atoms with Crippen molar-refractivity contribution in [2.24, 2.45) is 11.5 Å². The molecule has 4 N–H and O–H groups in total. The minimum atomic E-state index is -0.923. The summed E-state index contributed by atoms with van der Waals surface area (Å²) in [6.45, 7) is 2.11. The summed E-state index contributed by atoms with van der Waals surface area (Å²) in [5, 5.41) is 0. The lowest BCUT2D eigenvalue weighted by Crippen LogP contribution is -2.47. The van der Waals surface area contributed by atoms with Crippen LogP contribution >= 0.6 is 0 Å². The summed E-state index contributed by atoms with van der Waals surface area (Å²) >= 11 is 0. The van der Waals surface area contributed by atoms with E-state index in [1.807, 2.05) is 48.5 Å². The van der Waals surface area contributed by atoms with Gasteiger partial charge in [-0.1, -0.05) is 61.5 Å². The minimum absolute atomic E-state index is 0.923. The number of aryl methyl sites for hydroxylation is 1. The van der Waals surface area contributed by atoms with Gasteiger partial charge in [0.1, 0.15) is 5.66 Å². The van der Waals surface area contributed by atoms with Crippen molar-refractivity contribution in [3.05, 3.63) is 71.3 Å². The van der Waals surface area contributed by atoms with Crippen LogP contribution in [0.5, 0.6) is 0 Å². The van der Waals surface area contributed by atoms with Crippen LogP contribution in [0.1, 0.15) is 23.6 Å². The molecule has 0 bridgehead atoms. The quantitative estimate of drug-likeness (QED) is 0.789. The molecule has 2 rings (SSSR count). The molecule has 2 aromatic rings. The smallest absolute Gasteiger partial charge is 0.117 e. The molecule has 2 aromatic carbocycles. The first-order chi connectivity index (χ1) is 8.16. The molecular formula is C15H18N2. The fourth-order valence-corrected chi connectivity index (χ4v) is 2.10. The second kappa shape index (κ2) is 4.70. The van der Waals surface area contributed by atoms with E-state index in [0.29, 0.717) is 0 Å². The molecule has 0 aromatic heterocycles. The van der Waals surface area contributed by atoms with E-state index in [0.717, 1.165) is 17.5 Å². The highest BCUT2D eigenvalue weighted by atomic mass is 15.0. The van der Waals surface area contributed by atoms with Crippen molar-refractivity contribution >= 4 is 0 Å². The Morgan fingerprint density at radius 3 is 2.12 bits per heavy atom. The maximum atomic E-state index is 6.31. The summed E-state index contributed by atoms with van der Waals surface area (Å²) in [5.74, 6) is 0. The van der Waals surface area contributed by atoms with Crippen LogP contribution < -0.4 is 11.5 Å². The van der Waals surface area contributed by atoms with Gasteiger partial charge < -0.3 is 11.5 Å². The monoisotopic (exact) mass is 226 g/mol. The third-order valence-electron chi connectivity index (χ3n) is 3.10. The number of hydrogen-bond acceptors (Lipinski definition) is 2. The Labute approximate surface area is 102 Å². The molecule has 0 saturated heterocycles. The number of rotatable bonds is 3. The maximum Gasteiger partial charge on any atom is 0.117 e. The number of nitrogens with two attached hydrogens (primary N) is 2. The van der Waals surface area contributed by atoms with Gasteiger partial charge in [-0.2, -0.15) is 0 Å². The van der Waals surface area contributed by atoms with Crippen LogP contribution in [-0.2, 0) is 12.1 Å². The Bertz CT molecular complexity index is 489. The van der Waals surface area contributed by atoms with Gasteiger partial charge in [0.2, 0.25) is 0 Å². The molecule has 0 aliphatic heterocycles. The van der Waals surface area contributed by atoms with Crippen molar-refractivity contribution in [3.63, 3.8) is 0 Å². The van der Waals surface area contributed by atoms with Gasteiger partial charge in [0.05, 0.1) is 0 Å². The molecule has 0 aliphatic carbocycles. The van der Waals surface area contributed by atoms with Gasteiger partial charge >= 0.3 is 0 Å². The first-order valence-electron chi connectivity index (χ1n) is 5.88. The minimum Gasteiger partial charge on any atom is -0.306 e. The lowest BCUT2D eigenvalue weighted by Gasteiger charge is -2.28. The molecule has 0 radical (unpaired) electrons. The Kier molecular flexibility index (Phi) is 3.27. The van der Waals surface area contributed by atoms with Crippen molar-refractivity contribution in [2.45, 2.75) is 19.0 Å². The van der Waals surface area contributed by atoms with E-state index < -0.39 is 5.66 Å². The van der Waals surface area contributed by atoms with Crippen LogP contribution in [0.2, 0.25) is 0 Å². The van der Waals surface area contributed by atoms with Gasteiger partial charge in [-0.05, 0) is 23.1 Å². The van der Waals surface area contributed by atoms with Gasteiger partial charge in [-0.15, -0.1) is 0 Å². The molecule has 0 spiro atoms.